The molecule has 0 radical (unpaired) electrons. The smallest absolute Gasteiger partial charge is 0.0545 e. The highest BCUT2D eigenvalue weighted by molar-refractivity contribution is 14.1. The molecule has 0 saturated carbocycles. The summed E-state index contributed by atoms with van der Waals surface area (Å²) in [4.78, 5) is 1.25. The summed E-state index contributed by atoms with van der Waals surface area (Å²) in [6.07, 6.45) is 0.949. The molecule has 0 aliphatic carbocycles. The van der Waals surface area contributed by atoms with Crippen LogP contribution >= 0.6 is 45.5 Å². The van der Waals surface area contributed by atoms with Gasteiger partial charge in [0.2, 0.25) is 0 Å². The van der Waals surface area contributed by atoms with Crippen molar-refractivity contribution in [2.24, 2.45) is 0 Å². The highest BCUT2D eigenvalue weighted by Crippen LogP contribution is 2.28. The average molecular weight is 392 g/mol. The SMILES string of the molecule is CCNC(Cc1sccc1Cl)c1cccc(I)c1. The molecule has 0 aliphatic heterocycles. The molecule has 1 unspecified atom stereocenters. The van der Waals surface area contributed by atoms with Crippen LogP contribution < -0.4 is 5.32 Å². The maximum atomic E-state index is 6.18. The second-order valence-electron chi connectivity index (χ2n) is 4.06. The molecular formula is C14H15ClINS. The highest BCUT2D eigenvalue weighted by Gasteiger charge is 2.14. The van der Waals surface area contributed by atoms with Gasteiger partial charge in [0.25, 0.3) is 0 Å². The van der Waals surface area contributed by atoms with Crippen LogP contribution in [-0.4, -0.2) is 6.54 Å². The quantitative estimate of drug-likeness (QED) is 0.715. The first-order valence-electron chi connectivity index (χ1n) is 5.91. The summed E-state index contributed by atoms with van der Waals surface area (Å²) in [6, 6.07) is 10.9. The van der Waals surface area contributed by atoms with Crippen LogP contribution in [0.4, 0.5) is 0 Å². The number of hydrogen-bond donors (Lipinski definition) is 1. The zero-order chi connectivity index (χ0) is 13.0. The minimum Gasteiger partial charge on any atom is -0.310 e. The van der Waals surface area contributed by atoms with E-state index in [-0.39, 0.29) is 0 Å². The molecule has 1 aromatic heterocycles. The van der Waals surface area contributed by atoms with Crippen molar-refractivity contribution in [1.29, 1.82) is 0 Å². The lowest BCUT2D eigenvalue weighted by Crippen LogP contribution is -2.22. The van der Waals surface area contributed by atoms with Crippen LogP contribution in [0.25, 0.3) is 0 Å². The molecule has 0 fully saturated rings. The van der Waals surface area contributed by atoms with Gasteiger partial charge in [-0.25, -0.2) is 0 Å². The monoisotopic (exact) mass is 391 g/mol. The Morgan fingerprint density at radius 1 is 1.39 bits per heavy atom. The third-order valence-electron chi connectivity index (χ3n) is 2.78. The zero-order valence-corrected chi connectivity index (χ0v) is 13.8. The van der Waals surface area contributed by atoms with Crippen LogP contribution in [0.3, 0.4) is 0 Å². The number of likely N-dealkylation sites (N-methyl/N-ethyl adjacent to an activating group) is 1. The Balaban J connectivity index is 2.20. The molecule has 1 nitrogen and oxygen atoms in total. The minimum absolute atomic E-state index is 0.334. The Morgan fingerprint density at radius 3 is 2.83 bits per heavy atom. The fraction of sp³-hybridized carbons (Fsp3) is 0.286. The van der Waals surface area contributed by atoms with Crippen LogP contribution in [0.2, 0.25) is 5.02 Å². The van der Waals surface area contributed by atoms with Crippen LogP contribution in [0.1, 0.15) is 23.4 Å². The lowest BCUT2D eigenvalue weighted by Gasteiger charge is -2.18. The first-order valence-corrected chi connectivity index (χ1v) is 8.25. The summed E-state index contributed by atoms with van der Waals surface area (Å²) in [5.74, 6) is 0. The van der Waals surface area contributed by atoms with Gasteiger partial charge >= 0.3 is 0 Å². The van der Waals surface area contributed by atoms with Crippen molar-refractivity contribution in [3.05, 3.63) is 54.7 Å². The number of nitrogens with one attached hydrogen (secondary N) is 1. The Kier molecular flexibility index (Phi) is 5.48. The van der Waals surface area contributed by atoms with Gasteiger partial charge < -0.3 is 5.32 Å². The maximum absolute atomic E-state index is 6.18. The van der Waals surface area contributed by atoms with Gasteiger partial charge in [0.15, 0.2) is 0 Å². The van der Waals surface area contributed by atoms with Gasteiger partial charge in [0.1, 0.15) is 0 Å². The van der Waals surface area contributed by atoms with E-state index in [9.17, 15) is 0 Å². The molecule has 1 N–H and O–H groups in total. The second kappa shape index (κ2) is 6.89. The summed E-state index contributed by atoms with van der Waals surface area (Å²) < 4.78 is 1.27. The molecule has 1 aromatic carbocycles. The standard InChI is InChI=1S/C14H15ClINS/c1-2-17-13(9-14-12(15)6-7-18-14)10-4-3-5-11(16)8-10/h3-8,13,17H,2,9H2,1H3. The maximum Gasteiger partial charge on any atom is 0.0545 e. The van der Waals surface area contributed by atoms with Gasteiger partial charge in [0, 0.05) is 20.9 Å². The summed E-state index contributed by atoms with van der Waals surface area (Å²) >= 11 is 10.3. The molecule has 0 bridgehead atoms. The van der Waals surface area contributed by atoms with E-state index in [0.717, 1.165) is 18.0 Å². The Hall–Kier alpha value is -0.100. The molecular weight excluding hydrogens is 377 g/mol. The van der Waals surface area contributed by atoms with Gasteiger partial charge in [-0.1, -0.05) is 30.7 Å². The summed E-state index contributed by atoms with van der Waals surface area (Å²) in [5, 5.41) is 6.47. The van der Waals surface area contributed by atoms with Crippen LogP contribution in [0.5, 0.6) is 0 Å². The molecule has 2 aromatic rings. The van der Waals surface area contributed by atoms with Gasteiger partial charge in [-0.2, -0.15) is 0 Å². The molecule has 1 heterocycles. The van der Waals surface area contributed by atoms with Crippen molar-refractivity contribution in [1.82, 2.24) is 5.32 Å². The fourth-order valence-electron chi connectivity index (χ4n) is 1.93. The van der Waals surface area contributed by atoms with Crippen LogP contribution in [0.15, 0.2) is 35.7 Å². The Labute approximate surface area is 131 Å². The van der Waals surface area contributed by atoms with E-state index in [4.69, 9.17) is 11.6 Å². The summed E-state index contributed by atoms with van der Waals surface area (Å²) in [5.41, 5.74) is 1.33. The molecule has 0 aliphatic rings. The van der Waals surface area contributed by atoms with E-state index in [1.165, 1.54) is 14.0 Å². The molecule has 0 saturated heterocycles. The van der Waals surface area contributed by atoms with Crippen molar-refractivity contribution in [3.63, 3.8) is 0 Å². The van der Waals surface area contributed by atoms with Crippen LogP contribution in [0, 0.1) is 3.57 Å². The predicted molar refractivity (Wildman–Crippen MR) is 88.6 cm³/mol. The highest BCUT2D eigenvalue weighted by atomic mass is 127. The number of rotatable bonds is 5. The summed E-state index contributed by atoms with van der Waals surface area (Å²) in [6.45, 7) is 3.09. The number of hydrogen-bond acceptors (Lipinski definition) is 2. The van der Waals surface area contributed by atoms with Crippen molar-refractivity contribution >= 4 is 45.5 Å². The van der Waals surface area contributed by atoms with Crippen molar-refractivity contribution < 1.29 is 0 Å². The topological polar surface area (TPSA) is 12.0 Å². The van der Waals surface area contributed by atoms with Gasteiger partial charge in [0.05, 0.1) is 5.02 Å². The molecule has 0 amide bonds. The second-order valence-corrected chi connectivity index (χ2v) is 6.71. The Morgan fingerprint density at radius 2 is 2.22 bits per heavy atom. The van der Waals surface area contributed by atoms with E-state index in [1.807, 2.05) is 6.07 Å². The average Bonchev–Trinajstić information content (AvgIpc) is 2.74. The fourth-order valence-corrected chi connectivity index (χ4v) is 3.66. The van der Waals surface area contributed by atoms with Crippen LogP contribution in [-0.2, 0) is 6.42 Å². The lowest BCUT2D eigenvalue weighted by molar-refractivity contribution is 0.553. The van der Waals surface area contributed by atoms with E-state index < -0.39 is 0 Å². The first-order chi connectivity index (χ1) is 8.70. The summed E-state index contributed by atoms with van der Waals surface area (Å²) in [7, 11) is 0. The zero-order valence-electron chi connectivity index (χ0n) is 10.1. The third-order valence-corrected chi connectivity index (χ3v) is 4.86. The molecule has 2 rings (SSSR count). The van der Waals surface area contributed by atoms with Gasteiger partial charge in [-0.15, -0.1) is 11.3 Å². The molecule has 18 heavy (non-hydrogen) atoms. The normalized spacial score (nSPS) is 12.6. The Bertz CT molecular complexity index is 512. The van der Waals surface area contributed by atoms with E-state index >= 15 is 0 Å². The van der Waals surface area contributed by atoms with E-state index in [1.54, 1.807) is 11.3 Å². The van der Waals surface area contributed by atoms with Crippen molar-refractivity contribution in [2.75, 3.05) is 6.54 Å². The molecule has 0 spiro atoms. The molecule has 96 valence electrons. The predicted octanol–water partition coefficient (Wildman–Crippen LogP) is 4.90. The number of halogens is 2. The van der Waals surface area contributed by atoms with Crippen molar-refractivity contribution in [2.45, 2.75) is 19.4 Å². The lowest BCUT2D eigenvalue weighted by atomic mass is 10.0. The van der Waals surface area contributed by atoms with Gasteiger partial charge in [-0.05, 0) is 58.3 Å². The third kappa shape index (κ3) is 3.70. The molecule has 4 heteroatoms. The largest absolute Gasteiger partial charge is 0.310 e. The van der Waals surface area contributed by atoms with E-state index in [2.05, 4.69) is 64.5 Å². The van der Waals surface area contributed by atoms with Gasteiger partial charge in [-0.3, -0.25) is 0 Å². The molecule has 1 atom stereocenters. The first kappa shape index (κ1) is 14.3. The van der Waals surface area contributed by atoms with Crippen molar-refractivity contribution in [3.8, 4) is 0 Å². The number of benzene rings is 1. The van der Waals surface area contributed by atoms with E-state index in [0.29, 0.717) is 6.04 Å². The number of thiophene rings is 1. The minimum atomic E-state index is 0.334.